The number of fused-ring (bicyclic) bond motifs is 3. The molecule has 2 N–H and O–H groups in total. The summed E-state index contributed by atoms with van der Waals surface area (Å²) in [5, 5.41) is 10.1. The predicted octanol–water partition coefficient (Wildman–Crippen LogP) is 3.38. The molecule has 1 aliphatic carbocycles. The summed E-state index contributed by atoms with van der Waals surface area (Å²) >= 11 is 0. The van der Waals surface area contributed by atoms with Gasteiger partial charge < -0.3 is 15.2 Å². The normalized spacial score (nSPS) is 22.2. The number of Topliss-reactive ketones (excluding diaryl/α,β-unsaturated/α-hetero) is 1. The highest BCUT2D eigenvalue weighted by Crippen LogP contribution is 2.57. The molecule has 0 saturated carbocycles. The van der Waals surface area contributed by atoms with Crippen LogP contribution in [0.2, 0.25) is 0 Å². The number of hydrogen-bond acceptors (Lipinski definition) is 7. The molecule has 0 radical (unpaired) electrons. The Hall–Kier alpha value is -4.38. The Kier molecular flexibility index (Phi) is 5.44. The molecule has 0 bridgehead atoms. The minimum atomic E-state index is -1.77. The first kappa shape index (κ1) is 23.4. The van der Waals surface area contributed by atoms with Crippen molar-refractivity contribution in [3.05, 3.63) is 88.5 Å². The number of nitriles is 1. The number of para-hydroxylation sites is 1. The SMILES string of the molecule is CC1(C)CC(=O)C2=C(C1)OC(N)=C(C#N)C21C(=O)N(CC(=O)OCc2ccccc2)c2ccccc21. The number of carbonyl (C=O) groups excluding carboxylic acids is 3. The lowest BCUT2D eigenvalue weighted by Crippen LogP contribution is -2.51. The minimum absolute atomic E-state index is 0.0570. The van der Waals surface area contributed by atoms with Gasteiger partial charge in [-0.15, -0.1) is 0 Å². The van der Waals surface area contributed by atoms with E-state index in [1.54, 1.807) is 24.3 Å². The van der Waals surface area contributed by atoms with E-state index in [9.17, 15) is 19.6 Å². The van der Waals surface area contributed by atoms with Crippen LogP contribution in [0.15, 0.2) is 77.4 Å². The Bertz CT molecular complexity index is 1400. The van der Waals surface area contributed by atoms with Crippen LogP contribution < -0.4 is 10.6 Å². The first-order valence-electron chi connectivity index (χ1n) is 11.6. The summed E-state index contributed by atoms with van der Waals surface area (Å²) in [6.07, 6.45) is 0.563. The highest BCUT2D eigenvalue weighted by atomic mass is 16.5. The van der Waals surface area contributed by atoms with Crippen molar-refractivity contribution >= 4 is 23.3 Å². The Balaban J connectivity index is 1.59. The van der Waals surface area contributed by atoms with E-state index in [2.05, 4.69) is 0 Å². The summed E-state index contributed by atoms with van der Waals surface area (Å²) in [6, 6.07) is 18.1. The lowest BCUT2D eigenvalue weighted by molar-refractivity contribution is -0.144. The summed E-state index contributed by atoms with van der Waals surface area (Å²) in [6.45, 7) is 3.54. The zero-order valence-electron chi connectivity index (χ0n) is 20.0. The standard InChI is InChI=1S/C28H25N3O5/c1-27(2)12-21(32)24-22(13-27)36-25(30)19(14-29)28(24)18-10-6-7-11-20(18)31(26(28)34)15-23(33)35-16-17-8-4-3-5-9-17/h3-11H,12-13,15-16,30H2,1-2H3. The molecule has 182 valence electrons. The highest BCUT2D eigenvalue weighted by Gasteiger charge is 2.63. The van der Waals surface area contributed by atoms with E-state index in [0.717, 1.165) is 5.56 Å². The highest BCUT2D eigenvalue weighted by molar-refractivity contribution is 6.21. The van der Waals surface area contributed by atoms with E-state index < -0.39 is 22.7 Å². The number of anilines is 1. The lowest BCUT2D eigenvalue weighted by Gasteiger charge is -2.41. The van der Waals surface area contributed by atoms with E-state index in [0.29, 0.717) is 23.4 Å². The van der Waals surface area contributed by atoms with Crippen LogP contribution in [0.5, 0.6) is 0 Å². The van der Waals surface area contributed by atoms with E-state index in [1.165, 1.54) is 4.90 Å². The molecule has 8 heteroatoms. The minimum Gasteiger partial charge on any atom is -0.459 e. The number of carbonyl (C=O) groups is 3. The molecule has 36 heavy (non-hydrogen) atoms. The van der Waals surface area contributed by atoms with Crippen LogP contribution in [0.1, 0.15) is 37.8 Å². The zero-order chi connectivity index (χ0) is 25.7. The third-order valence-electron chi connectivity index (χ3n) is 6.87. The fraction of sp³-hybridized carbons (Fsp3) is 0.286. The van der Waals surface area contributed by atoms with Crippen LogP contribution in [-0.2, 0) is 35.9 Å². The third-order valence-corrected chi connectivity index (χ3v) is 6.87. The van der Waals surface area contributed by atoms with E-state index in [-0.39, 0.29) is 42.4 Å². The molecule has 2 aromatic rings. The van der Waals surface area contributed by atoms with Crippen LogP contribution in [0.3, 0.4) is 0 Å². The second kappa shape index (κ2) is 8.38. The summed E-state index contributed by atoms with van der Waals surface area (Å²) in [7, 11) is 0. The number of esters is 1. The fourth-order valence-electron chi connectivity index (χ4n) is 5.41. The number of ketones is 1. The molecule has 0 saturated heterocycles. The fourth-order valence-corrected chi connectivity index (χ4v) is 5.41. The van der Waals surface area contributed by atoms with E-state index in [1.807, 2.05) is 50.2 Å². The second-order valence-corrected chi connectivity index (χ2v) is 10.00. The molecule has 8 nitrogen and oxygen atoms in total. The lowest BCUT2D eigenvalue weighted by atomic mass is 9.62. The van der Waals surface area contributed by atoms with Crippen molar-refractivity contribution in [2.75, 3.05) is 11.4 Å². The number of amides is 1. The Morgan fingerprint density at radius 2 is 1.81 bits per heavy atom. The van der Waals surface area contributed by atoms with Gasteiger partial charge in [-0.25, -0.2) is 0 Å². The molecular formula is C28H25N3O5. The van der Waals surface area contributed by atoms with Gasteiger partial charge in [-0.1, -0.05) is 62.4 Å². The summed E-state index contributed by atoms with van der Waals surface area (Å²) in [4.78, 5) is 41.9. The van der Waals surface area contributed by atoms with E-state index in [4.69, 9.17) is 15.2 Å². The topological polar surface area (TPSA) is 123 Å². The molecule has 5 rings (SSSR count). The van der Waals surface area contributed by atoms with Crippen molar-refractivity contribution in [2.45, 2.75) is 38.7 Å². The van der Waals surface area contributed by atoms with Crippen LogP contribution >= 0.6 is 0 Å². The second-order valence-electron chi connectivity index (χ2n) is 10.00. The molecule has 1 amide bonds. The van der Waals surface area contributed by atoms with Gasteiger partial charge in [0.25, 0.3) is 0 Å². The number of nitrogens with two attached hydrogens (primary N) is 1. The van der Waals surface area contributed by atoms with Crippen LogP contribution in [0.25, 0.3) is 0 Å². The van der Waals surface area contributed by atoms with Crippen LogP contribution in [0, 0.1) is 16.7 Å². The smallest absolute Gasteiger partial charge is 0.326 e. The first-order chi connectivity index (χ1) is 17.2. The molecule has 1 spiro atoms. The molecule has 1 unspecified atom stereocenters. The van der Waals surface area contributed by atoms with Crippen LogP contribution in [0.4, 0.5) is 5.69 Å². The van der Waals surface area contributed by atoms with Gasteiger partial charge in [0, 0.05) is 24.1 Å². The number of ether oxygens (including phenoxy) is 2. The van der Waals surface area contributed by atoms with Gasteiger partial charge in [0.1, 0.15) is 36.0 Å². The summed E-state index contributed by atoms with van der Waals surface area (Å²) < 4.78 is 11.2. The molecular weight excluding hydrogens is 458 g/mol. The molecule has 0 fully saturated rings. The van der Waals surface area contributed by atoms with Crippen molar-refractivity contribution < 1.29 is 23.9 Å². The summed E-state index contributed by atoms with van der Waals surface area (Å²) in [5.74, 6) is -1.41. The molecule has 3 aliphatic rings. The van der Waals surface area contributed by atoms with Gasteiger partial charge in [0.15, 0.2) is 5.78 Å². The first-order valence-corrected chi connectivity index (χ1v) is 11.6. The average molecular weight is 484 g/mol. The van der Waals surface area contributed by atoms with Crippen molar-refractivity contribution in [3.8, 4) is 6.07 Å². The molecule has 2 heterocycles. The van der Waals surface area contributed by atoms with Gasteiger partial charge in [0.2, 0.25) is 11.8 Å². The number of nitrogens with zero attached hydrogens (tertiary/aromatic N) is 2. The van der Waals surface area contributed by atoms with Gasteiger partial charge in [-0.05, 0) is 17.0 Å². The largest absolute Gasteiger partial charge is 0.459 e. The monoisotopic (exact) mass is 483 g/mol. The van der Waals surface area contributed by atoms with Gasteiger partial charge in [-0.2, -0.15) is 5.26 Å². The van der Waals surface area contributed by atoms with Crippen LogP contribution in [-0.4, -0.2) is 24.2 Å². The quantitative estimate of drug-likeness (QED) is 0.662. The zero-order valence-corrected chi connectivity index (χ0v) is 20.0. The molecule has 2 aliphatic heterocycles. The third kappa shape index (κ3) is 3.47. The maximum atomic E-state index is 14.3. The number of benzene rings is 2. The Morgan fingerprint density at radius 3 is 2.53 bits per heavy atom. The van der Waals surface area contributed by atoms with E-state index >= 15 is 0 Å². The van der Waals surface area contributed by atoms with Gasteiger partial charge in [-0.3, -0.25) is 19.3 Å². The van der Waals surface area contributed by atoms with Crippen molar-refractivity contribution in [2.24, 2.45) is 11.1 Å². The number of hydrogen-bond donors (Lipinski definition) is 1. The van der Waals surface area contributed by atoms with Crippen molar-refractivity contribution in [3.63, 3.8) is 0 Å². The summed E-state index contributed by atoms with van der Waals surface area (Å²) in [5.41, 5.74) is 5.67. The predicted molar refractivity (Wildman–Crippen MR) is 130 cm³/mol. The Morgan fingerprint density at radius 1 is 1.11 bits per heavy atom. The van der Waals surface area contributed by atoms with Crippen molar-refractivity contribution in [1.29, 1.82) is 5.26 Å². The molecule has 1 atom stereocenters. The van der Waals surface area contributed by atoms with Gasteiger partial charge >= 0.3 is 5.97 Å². The van der Waals surface area contributed by atoms with Gasteiger partial charge in [0.05, 0.1) is 5.57 Å². The number of rotatable bonds is 4. The Labute approximate surface area is 208 Å². The van der Waals surface area contributed by atoms with Crippen molar-refractivity contribution in [1.82, 2.24) is 0 Å². The molecule has 2 aromatic carbocycles. The maximum absolute atomic E-state index is 14.3. The molecule has 0 aromatic heterocycles. The average Bonchev–Trinajstić information content (AvgIpc) is 3.06. The maximum Gasteiger partial charge on any atom is 0.326 e. The number of allylic oxidation sites excluding steroid dienone is 1.